The highest BCUT2D eigenvalue weighted by atomic mass is 35.5. The minimum absolute atomic E-state index is 0.111. The van der Waals surface area contributed by atoms with Crippen molar-refractivity contribution in [3.05, 3.63) is 34.6 Å². The molecule has 4 nitrogen and oxygen atoms in total. The molecule has 1 aliphatic rings. The van der Waals surface area contributed by atoms with Crippen LogP contribution in [-0.4, -0.2) is 24.0 Å². The Morgan fingerprint density at radius 3 is 2.71 bits per heavy atom. The molecule has 24 heavy (non-hydrogen) atoms. The number of carbonyl (C=O) groups is 1. The number of aromatic nitrogens is 1. The number of carbonyl (C=O) groups excluding carboxylic acids is 1. The fourth-order valence-electron chi connectivity index (χ4n) is 3.18. The zero-order valence-electron chi connectivity index (χ0n) is 13.7. The maximum atomic E-state index is 13.4. The van der Waals surface area contributed by atoms with Crippen LogP contribution < -0.4 is 10.1 Å². The van der Waals surface area contributed by atoms with E-state index in [4.69, 9.17) is 16.3 Å². The van der Waals surface area contributed by atoms with Crippen molar-refractivity contribution >= 4 is 28.4 Å². The van der Waals surface area contributed by atoms with E-state index in [1.807, 2.05) is 0 Å². The topological polar surface area (TPSA) is 51.2 Å². The Morgan fingerprint density at radius 2 is 2.04 bits per heavy atom. The molecule has 0 spiro atoms. The fourth-order valence-corrected chi connectivity index (χ4v) is 3.51. The number of halogens is 2. The van der Waals surface area contributed by atoms with Gasteiger partial charge in [-0.15, -0.1) is 0 Å². The van der Waals surface area contributed by atoms with E-state index < -0.39 is 5.82 Å². The lowest BCUT2D eigenvalue weighted by molar-refractivity contribution is 0.0919. The molecule has 0 atom stereocenters. The summed E-state index contributed by atoms with van der Waals surface area (Å²) in [6.07, 6.45) is 4.12. The van der Waals surface area contributed by atoms with Crippen LogP contribution in [-0.2, 0) is 0 Å². The number of ether oxygens (including phenoxy) is 1. The zero-order valence-corrected chi connectivity index (χ0v) is 14.5. The fraction of sp³-hybridized carbons (Fsp3) is 0.444. The maximum Gasteiger partial charge on any atom is 0.258 e. The Kier molecular flexibility index (Phi) is 4.90. The molecule has 1 aliphatic carbocycles. The molecule has 1 aromatic carbocycles. The number of fused-ring (bicyclic) bond motifs is 1. The molecule has 1 aromatic heterocycles. The van der Waals surface area contributed by atoms with E-state index in [-0.39, 0.29) is 28.4 Å². The van der Waals surface area contributed by atoms with E-state index in [0.29, 0.717) is 16.8 Å². The summed E-state index contributed by atoms with van der Waals surface area (Å²) in [6.45, 7) is 2.23. The van der Waals surface area contributed by atoms with Crippen molar-refractivity contribution in [2.24, 2.45) is 5.92 Å². The van der Waals surface area contributed by atoms with Crippen LogP contribution in [0.4, 0.5) is 4.39 Å². The van der Waals surface area contributed by atoms with E-state index in [9.17, 15) is 9.18 Å². The van der Waals surface area contributed by atoms with Crippen LogP contribution in [0, 0.1) is 11.7 Å². The van der Waals surface area contributed by atoms with Crippen molar-refractivity contribution in [3.8, 4) is 5.88 Å². The molecule has 1 saturated carbocycles. The lowest BCUT2D eigenvalue weighted by atomic mass is 9.87. The molecule has 0 saturated heterocycles. The van der Waals surface area contributed by atoms with Crippen LogP contribution in [0.25, 0.3) is 10.9 Å². The van der Waals surface area contributed by atoms with Gasteiger partial charge in [-0.3, -0.25) is 4.79 Å². The predicted molar refractivity (Wildman–Crippen MR) is 92.1 cm³/mol. The Balaban J connectivity index is 1.94. The van der Waals surface area contributed by atoms with Gasteiger partial charge in [0, 0.05) is 17.5 Å². The molecule has 1 N–H and O–H groups in total. The monoisotopic (exact) mass is 350 g/mol. The third-order valence-electron chi connectivity index (χ3n) is 4.62. The Labute approximate surface area is 145 Å². The molecule has 3 rings (SSSR count). The zero-order chi connectivity index (χ0) is 17.3. The van der Waals surface area contributed by atoms with E-state index in [2.05, 4.69) is 17.2 Å². The summed E-state index contributed by atoms with van der Waals surface area (Å²) in [5.74, 6) is 0.102. The van der Waals surface area contributed by atoms with Crippen molar-refractivity contribution < 1.29 is 13.9 Å². The van der Waals surface area contributed by atoms with Gasteiger partial charge in [0.1, 0.15) is 11.4 Å². The number of methoxy groups -OCH3 is 1. The quantitative estimate of drug-likeness (QED) is 0.895. The highest BCUT2D eigenvalue weighted by molar-refractivity contribution is 6.38. The molecule has 0 bridgehead atoms. The summed E-state index contributed by atoms with van der Waals surface area (Å²) in [5.41, 5.74) is 0.566. The molecule has 0 radical (unpaired) electrons. The van der Waals surface area contributed by atoms with Gasteiger partial charge in [0.15, 0.2) is 0 Å². The molecular weight excluding hydrogens is 331 g/mol. The normalized spacial score (nSPS) is 20.8. The minimum Gasteiger partial charge on any atom is -0.480 e. The first kappa shape index (κ1) is 17.0. The second-order valence-corrected chi connectivity index (χ2v) is 6.78. The molecular formula is C18H20ClFN2O2. The van der Waals surface area contributed by atoms with Gasteiger partial charge in [-0.2, -0.15) is 0 Å². The Bertz CT molecular complexity index is 773. The standard InChI is InChI=1S/C18H20ClFN2O2/c1-10-3-6-12(7-4-10)21-17(23)15-16(19)13-8-5-11(20)9-14(13)22-18(15)24-2/h5,8-10,12H,3-4,6-7H2,1-2H3,(H,21,23). The molecule has 1 heterocycles. The molecule has 1 amide bonds. The van der Waals surface area contributed by atoms with Crippen LogP contribution in [0.2, 0.25) is 5.02 Å². The summed E-state index contributed by atoms with van der Waals surface area (Å²) in [5, 5.41) is 3.79. The van der Waals surface area contributed by atoms with Gasteiger partial charge < -0.3 is 10.1 Å². The summed E-state index contributed by atoms with van der Waals surface area (Å²) in [4.78, 5) is 17.0. The first-order valence-electron chi connectivity index (χ1n) is 8.13. The van der Waals surface area contributed by atoms with E-state index in [1.165, 1.54) is 25.3 Å². The highest BCUT2D eigenvalue weighted by Gasteiger charge is 2.25. The number of amides is 1. The summed E-state index contributed by atoms with van der Waals surface area (Å²) >= 11 is 6.41. The Morgan fingerprint density at radius 1 is 1.33 bits per heavy atom. The minimum atomic E-state index is -0.415. The predicted octanol–water partition coefficient (Wildman–Crippen LogP) is 4.34. The van der Waals surface area contributed by atoms with Gasteiger partial charge in [0.05, 0.1) is 17.6 Å². The second-order valence-electron chi connectivity index (χ2n) is 6.40. The van der Waals surface area contributed by atoms with Gasteiger partial charge in [0.25, 0.3) is 5.91 Å². The van der Waals surface area contributed by atoms with Crippen LogP contribution in [0.1, 0.15) is 43.0 Å². The van der Waals surface area contributed by atoms with Crippen molar-refractivity contribution in [2.45, 2.75) is 38.6 Å². The van der Waals surface area contributed by atoms with Crippen molar-refractivity contribution in [2.75, 3.05) is 7.11 Å². The van der Waals surface area contributed by atoms with E-state index >= 15 is 0 Å². The third kappa shape index (κ3) is 3.31. The van der Waals surface area contributed by atoms with Crippen LogP contribution >= 0.6 is 11.6 Å². The van der Waals surface area contributed by atoms with Gasteiger partial charge in [0.2, 0.25) is 5.88 Å². The van der Waals surface area contributed by atoms with Gasteiger partial charge in [-0.1, -0.05) is 18.5 Å². The van der Waals surface area contributed by atoms with Crippen molar-refractivity contribution in [3.63, 3.8) is 0 Å². The average molecular weight is 351 g/mol. The molecule has 2 aromatic rings. The number of pyridine rings is 1. The van der Waals surface area contributed by atoms with Crippen molar-refractivity contribution in [1.29, 1.82) is 0 Å². The highest BCUT2D eigenvalue weighted by Crippen LogP contribution is 2.33. The number of nitrogens with one attached hydrogen (secondary N) is 1. The number of nitrogens with zero attached hydrogens (tertiary/aromatic N) is 1. The van der Waals surface area contributed by atoms with Crippen LogP contribution in [0.15, 0.2) is 18.2 Å². The maximum absolute atomic E-state index is 13.4. The second kappa shape index (κ2) is 6.93. The largest absolute Gasteiger partial charge is 0.480 e. The molecule has 128 valence electrons. The summed E-state index contributed by atoms with van der Waals surface area (Å²) in [6, 6.07) is 4.23. The number of hydrogen-bond acceptors (Lipinski definition) is 3. The van der Waals surface area contributed by atoms with Gasteiger partial charge >= 0.3 is 0 Å². The number of benzene rings is 1. The first-order chi connectivity index (χ1) is 11.5. The number of hydrogen-bond donors (Lipinski definition) is 1. The number of rotatable bonds is 3. The molecule has 0 unspecified atom stereocenters. The lowest BCUT2D eigenvalue weighted by Gasteiger charge is -2.27. The van der Waals surface area contributed by atoms with Gasteiger partial charge in [-0.05, 0) is 43.7 Å². The van der Waals surface area contributed by atoms with Crippen LogP contribution in [0.3, 0.4) is 0 Å². The first-order valence-corrected chi connectivity index (χ1v) is 8.51. The molecule has 6 heteroatoms. The smallest absolute Gasteiger partial charge is 0.258 e. The van der Waals surface area contributed by atoms with E-state index in [0.717, 1.165) is 25.7 Å². The molecule has 0 aliphatic heterocycles. The third-order valence-corrected chi connectivity index (χ3v) is 5.02. The SMILES string of the molecule is COc1nc2cc(F)ccc2c(Cl)c1C(=O)NC1CCC(C)CC1. The molecule has 1 fully saturated rings. The summed E-state index contributed by atoms with van der Waals surface area (Å²) < 4.78 is 18.6. The van der Waals surface area contributed by atoms with Crippen LogP contribution in [0.5, 0.6) is 5.88 Å². The summed E-state index contributed by atoms with van der Waals surface area (Å²) in [7, 11) is 1.42. The average Bonchev–Trinajstić information content (AvgIpc) is 2.56. The lowest BCUT2D eigenvalue weighted by Crippen LogP contribution is -2.37. The van der Waals surface area contributed by atoms with Gasteiger partial charge in [-0.25, -0.2) is 9.37 Å². The van der Waals surface area contributed by atoms with Crippen molar-refractivity contribution in [1.82, 2.24) is 10.3 Å². The Hall–Kier alpha value is -1.88. The van der Waals surface area contributed by atoms with E-state index in [1.54, 1.807) is 0 Å².